The van der Waals surface area contributed by atoms with Crippen LogP contribution in [0.2, 0.25) is 0 Å². The first-order chi connectivity index (χ1) is 13.7. The van der Waals surface area contributed by atoms with E-state index in [1.165, 1.54) is 16.5 Å². The number of fused-ring (bicyclic) bond motifs is 1. The summed E-state index contributed by atoms with van der Waals surface area (Å²) in [7, 11) is 3.79. The minimum absolute atomic E-state index is 0.877. The first kappa shape index (κ1) is 19.0. The van der Waals surface area contributed by atoms with Crippen LogP contribution in [0.1, 0.15) is 11.3 Å². The molecule has 0 spiro atoms. The topological polar surface area (TPSA) is 20.6 Å². The van der Waals surface area contributed by atoms with Gasteiger partial charge in [-0.05, 0) is 36.2 Å². The van der Waals surface area contributed by atoms with Crippen LogP contribution in [0.25, 0.3) is 10.9 Å². The number of methoxy groups -OCH3 is 1. The number of rotatable bonds is 5. The van der Waals surface area contributed by atoms with Gasteiger partial charge in [-0.3, -0.25) is 4.90 Å². The van der Waals surface area contributed by atoms with Crippen molar-refractivity contribution in [3.05, 3.63) is 65.9 Å². The normalized spacial score (nSPS) is 15.1. The van der Waals surface area contributed by atoms with Gasteiger partial charge in [-0.25, -0.2) is 0 Å². The fourth-order valence-electron chi connectivity index (χ4n) is 3.93. The third-order valence-electron chi connectivity index (χ3n) is 5.69. The molecule has 0 aliphatic carbocycles. The predicted molar refractivity (Wildman–Crippen MR) is 119 cm³/mol. The number of thiocarbonyl (C=S) groups is 1. The third kappa shape index (κ3) is 3.91. The summed E-state index contributed by atoms with van der Waals surface area (Å²) in [6.07, 6.45) is 1.11. The van der Waals surface area contributed by atoms with Crippen LogP contribution in [0.15, 0.2) is 54.6 Å². The molecule has 1 fully saturated rings. The van der Waals surface area contributed by atoms with Crippen LogP contribution in [0, 0.1) is 0 Å². The van der Waals surface area contributed by atoms with Crippen LogP contribution in [0.5, 0.6) is 5.75 Å². The van der Waals surface area contributed by atoms with Crippen molar-refractivity contribution in [3.63, 3.8) is 0 Å². The third-order valence-corrected chi connectivity index (χ3v) is 6.16. The molecule has 2 aromatic carbocycles. The lowest BCUT2D eigenvalue weighted by molar-refractivity contribution is 0.185. The van der Waals surface area contributed by atoms with E-state index in [-0.39, 0.29) is 0 Å². The van der Waals surface area contributed by atoms with Crippen molar-refractivity contribution >= 4 is 28.1 Å². The van der Waals surface area contributed by atoms with Crippen molar-refractivity contribution in [1.82, 2.24) is 14.4 Å². The summed E-state index contributed by atoms with van der Waals surface area (Å²) in [4.78, 5) is 5.83. The Morgan fingerprint density at radius 1 is 1.00 bits per heavy atom. The van der Waals surface area contributed by atoms with E-state index in [1.807, 2.05) is 6.07 Å². The molecule has 0 radical (unpaired) electrons. The number of ether oxygens (including phenoxy) is 1. The average molecular weight is 394 g/mol. The van der Waals surface area contributed by atoms with E-state index < -0.39 is 0 Å². The highest BCUT2D eigenvalue weighted by Crippen LogP contribution is 2.25. The number of aryl methyl sites for hydroxylation is 1. The van der Waals surface area contributed by atoms with Gasteiger partial charge in [0, 0.05) is 50.7 Å². The lowest BCUT2D eigenvalue weighted by atomic mass is 10.1. The van der Waals surface area contributed by atoms with Crippen molar-refractivity contribution in [2.24, 2.45) is 7.05 Å². The molecule has 2 heterocycles. The van der Waals surface area contributed by atoms with Crippen molar-refractivity contribution in [3.8, 4) is 5.75 Å². The van der Waals surface area contributed by atoms with Gasteiger partial charge in [0.05, 0.1) is 12.8 Å². The molecule has 1 aliphatic rings. The van der Waals surface area contributed by atoms with E-state index in [0.717, 1.165) is 55.6 Å². The summed E-state index contributed by atoms with van der Waals surface area (Å²) in [6, 6.07) is 19.1. The molecule has 0 unspecified atom stereocenters. The maximum atomic E-state index is 5.87. The van der Waals surface area contributed by atoms with Crippen molar-refractivity contribution in [1.29, 1.82) is 0 Å². The summed E-state index contributed by atoms with van der Waals surface area (Å²) < 4.78 is 7.55. The minimum atomic E-state index is 0.877. The molecule has 1 aliphatic heterocycles. The highest BCUT2D eigenvalue weighted by atomic mass is 32.1. The Hall–Kier alpha value is -2.37. The molecule has 0 amide bonds. The first-order valence-corrected chi connectivity index (χ1v) is 10.3. The zero-order valence-electron chi connectivity index (χ0n) is 16.6. The molecule has 3 aromatic rings. The first-order valence-electron chi connectivity index (χ1n) is 9.85. The van der Waals surface area contributed by atoms with Crippen molar-refractivity contribution in [2.45, 2.75) is 6.42 Å². The van der Waals surface area contributed by atoms with Gasteiger partial charge in [0.25, 0.3) is 0 Å². The zero-order chi connectivity index (χ0) is 19.5. The Morgan fingerprint density at radius 3 is 2.46 bits per heavy atom. The van der Waals surface area contributed by atoms with Gasteiger partial charge in [-0.15, -0.1) is 0 Å². The molecule has 28 heavy (non-hydrogen) atoms. The second kappa shape index (κ2) is 8.33. The van der Waals surface area contributed by atoms with Crippen LogP contribution in [0.4, 0.5) is 0 Å². The lowest BCUT2D eigenvalue weighted by Crippen LogP contribution is -2.49. The number of benzene rings is 2. The predicted octanol–water partition coefficient (Wildman–Crippen LogP) is 3.72. The number of hydrogen-bond acceptors (Lipinski definition) is 3. The molecule has 0 bridgehead atoms. The Morgan fingerprint density at radius 2 is 1.75 bits per heavy atom. The molecule has 5 heteroatoms. The smallest absolute Gasteiger partial charge is 0.126 e. The second-order valence-electron chi connectivity index (χ2n) is 7.38. The van der Waals surface area contributed by atoms with E-state index in [2.05, 4.69) is 69.9 Å². The second-order valence-corrected chi connectivity index (χ2v) is 7.77. The van der Waals surface area contributed by atoms with Gasteiger partial charge in [0.1, 0.15) is 10.7 Å². The number of hydrogen-bond donors (Lipinski definition) is 0. The number of nitrogens with zero attached hydrogens (tertiary/aromatic N) is 3. The lowest BCUT2D eigenvalue weighted by Gasteiger charge is -2.36. The molecule has 4 rings (SSSR count). The Bertz CT molecular complexity index is 959. The summed E-state index contributed by atoms with van der Waals surface area (Å²) in [5.74, 6) is 0.877. The fourth-order valence-corrected chi connectivity index (χ4v) is 4.31. The monoisotopic (exact) mass is 393 g/mol. The zero-order valence-corrected chi connectivity index (χ0v) is 17.4. The highest BCUT2D eigenvalue weighted by Gasteiger charge is 2.21. The highest BCUT2D eigenvalue weighted by molar-refractivity contribution is 7.80. The molecular weight excluding hydrogens is 366 g/mol. The van der Waals surface area contributed by atoms with Gasteiger partial charge in [0.15, 0.2) is 0 Å². The van der Waals surface area contributed by atoms with Crippen LogP contribution >= 0.6 is 12.2 Å². The van der Waals surface area contributed by atoms with E-state index in [0.29, 0.717) is 0 Å². The van der Waals surface area contributed by atoms with E-state index >= 15 is 0 Å². The van der Waals surface area contributed by atoms with Gasteiger partial charge < -0.3 is 14.2 Å². The van der Waals surface area contributed by atoms with Gasteiger partial charge in [-0.2, -0.15) is 0 Å². The summed E-state index contributed by atoms with van der Waals surface area (Å²) in [5.41, 5.74) is 3.70. The van der Waals surface area contributed by atoms with Crippen molar-refractivity contribution in [2.75, 3.05) is 39.8 Å². The number of piperazine rings is 1. The largest absolute Gasteiger partial charge is 0.497 e. The Balaban J connectivity index is 1.38. The molecule has 1 saturated heterocycles. The summed E-state index contributed by atoms with van der Waals surface area (Å²) in [5, 5.41) is 1.17. The molecule has 0 atom stereocenters. The van der Waals surface area contributed by atoms with E-state index in [4.69, 9.17) is 17.0 Å². The van der Waals surface area contributed by atoms with Gasteiger partial charge >= 0.3 is 0 Å². The van der Waals surface area contributed by atoms with Crippen LogP contribution in [0.3, 0.4) is 0 Å². The SMILES string of the molecule is COc1ccc2c(c1)cc(C(=S)N1CCN(CCc3ccccc3)CC1)n2C. The average Bonchev–Trinajstić information content (AvgIpc) is 3.08. The van der Waals surface area contributed by atoms with Crippen molar-refractivity contribution < 1.29 is 4.74 Å². The van der Waals surface area contributed by atoms with Gasteiger partial charge in [-0.1, -0.05) is 42.5 Å². The summed E-state index contributed by atoms with van der Waals surface area (Å²) in [6.45, 7) is 5.20. The Labute approximate surface area is 172 Å². The van der Waals surface area contributed by atoms with Gasteiger partial charge in [0.2, 0.25) is 0 Å². The molecule has 4 nitrogen and oxygen atoms in total. The maximum Gasteiger partial charge on any atom is 0.126 e. The standard InChI is InChI=1S/C23H27N3OS/c1-24-21-9-8-20(27-2)16-19(21)17-22(24)23(28)26-14-12-25(13-15-26)11-10-18-6-4-3-5-7-18/h3-9,16-17H,10-15H2,1-2H3. The molecule has 1 aromatic heterocycles. The molecule has 0 N–H and O–H groups in total. The van der Waals surface area contributed by atoms with Crippen LogP contribution < -0.4 is 4.74 Å². The van der Waals surface area contributed by atoms with E-state index in [1.54, 1.807) is 7.11 Å². The fraction of sp³-hybridized carbons (Fsp3) is 0.348. The quantitative estimate of drug-likeness (QED) is 0.616. The summed E-state index contributed by atoms with van der Waals surface area (Å²) >= 11 is 5.87. The molecule has 146 valence electrons. The molecular formula is C23H27N3OS. The minimum Gasteiger partial charge on any atom is -0.497 e. The van der Waals surface area contributed by atoms with Crippen LogP contribution in [-0.2, 0) is 13.5 Å². The van der Waals surface area contributed by atoms with Crippen LogP contribution in [-0.4, -0.2) is 59.2 Å². The molecule has 0 saturated carbocycles. The Kier molecular flexibility index (Phi) is 5.64. The number of aromatic nitrogens is 1. The maximum absolute atomic E-state index is 5.87. The van der Waals surface area contributed by atoms with E-state index in [9.17, 15) is 0 Å².